The van der Waals surface area contributed by atoms with E-state index < -0.39 is 0 Å². The molecule has 0 N–H and O–H groups in total. The second-order valence-electron chi connectivity index (χ2n) is 3.27. The van der Waals surface area contributed by atoms with E-state index in [4.69, 9.17) is 11.6 Å². The molecule has 0 aliphatic heterocycles. The molecule has 1 nitrogen and oxygen atoms in total. The normalized spacial score (nSPS) is 11.6. The minimum Gasteiger partial charge on any atom is -0.300 e. The summed E-state index contributed by atoms with van der Waals surface area (Å²) >= 11 is 5.91. The van der Waals surface area contributed by atoms with Gasteiger partial charge in [-0.2, -0.15) is 0 Å². The molecule has 0 bridgehead atoms. The molecule has 0 amide bonds. The number of rotatable bonds is 4. The van der Waals surface area contributed by atoms with Crippen LogP contribution in [0.3, 0.4) is 0 Å². The van der Waals surface area contributed by atoms with Crippen LogP contribution in [0.15, 0.2) is 0 Å². The Morgan fingerprint density at radius 1 is 1.50 bits per heavy atom. The van der Waals surface area contributed by atoms with Gasteiger partial charge in [-0.15, -0.1) is 11.6 Å². The Bertz CT molecular complexity index is 113. The average molecular weight is 163 g/mol. The number of Topliss-reactive ketones (excluding diaryl/α,β-unsaturated/α-hetero) is 1. The SMILES string of the molecule is CC(=O)CCCC(C)(C)Cl. The first kappa shape index (κ1) is 9.96. The van der Waals surface area contributed by atoms with Crippen molar-refractivity contribution in [3.8, 4) is 0 Å². The second kappa shape index (κ2) is 3.97. The summed E-state index contributed by atoms with van der Waals surface area (Å²) in [7, 11) is 0. The Morgan fingerprint density at radius 3 is 2.30 bits per heavy atom. The fraction of sp³-hybridized carbons (Fsp3) is 0.875. The summed E-state index contributed by atoms with van der Waals surface area (Å²) in [5.74, 6) is 0.251. The minimum atomic E-state index is -0.143. The molecule has 0 rings (SSSR count). The van der Waals surface area contributed by atoms with Crippen molar-refractivity contribution < 1.29 is 4.79 Å². The van der Waals surface area contributed by atoms with Gasteiger partial charge < -0.3 is 4.79 Å². The number of halogens is 1. The molecule has 0 unspecified atom stereocenters. The van der Waals surface area contributed by atoms with Gasteiger partial charge in [0.2, 0.25) is 0 Å². The van der Waals surface area contributed by atoms with E-state index in [1.165, 1.54) is 0 Å². The van der Waals surface area contributed by atoms with E-state index >= 15 is 0 Å². The number of hydrogen-bond donors (Lipinski definition) is 0. The maximum absolute atomic E-state index is 10.5. The lowest BCUT2D eigenvalue weighted by Crippen LogP contribution is -2.09. The molecule has 0 atom stereocenters. The molecule has 0 fully saturated rings. The average Bonchev–Trinajstić information content (AvgIpc) is 1.59. The Labute approximate surface area is 67.8 Å². The number of alkyl halides is 1. The zero-order chi connectivity index (χ0) is 8.20. The van der Waals surface area contributed by atoms with Crippen molar-refractivity contribution in [2.75, 3.05) is 0 Å². The molecule has 0 aromatic carbocycles. The van der Waals surface area contributed by atoms with E-state index in [-0.39, 0.29) is 10.7 Å². The van der Waals surface area contributed by atoms with Crippen molar-refractivity contribution in [1.29, 1.82) is 0 Å². The molecule has 0 saturated heterocycles. The van der Waals surface area contributed by atoms with Gasteiger partial charge >= 0.3 is 0 Å². The first-order chi connectivity index (χ1) is 4.42. The van der Waals surface area contributed by atoms with E-state index in [0.717, 1.165) is 12.8 Å². The summed E-state index contributed by atoms with van der Waals surface area (Å²) in [5, 5.41) is 0. The van der Waals surface area contributed by atoms with E-state index in [2.05, 4.69) is 0 Å². The summed E-state index contributed by atoms with van der Waals surface area (Å²) in [6.07, 6.45) is 2.48. The molecule has 0 spiro atoms. The van der Waals surface area contributed by atoms with Crippen LogP contribution in [-0.4, -0.2) is 10.7 Å². The zero-order valence-electron chi connectivity index (χ0n) is 6.91. The van der Waals surface area contributed by atoms with Crippen LogP contribution < -0.4 is 0 Å². The molecule has 60 valence electrons. The summed E-state index contributed by atoms with van der Waals surface area (Å²) in [6.45, 7) is 5.55. The highest BCUT2D eigenvalue weighted by molar-refractivity contribution is 6.23. The molecule has 0 saturated carbocycles. The maximum Gasteiger partial charge on any atom is 0.129 e. The Kier molecular flexibility index (Phi) is 3.95. The topological polar surface area (TPSA) is 17.1 Å². The lowest BCUT2D eigenvalue weighted by Gasteiger charge is -2.13. The van der Waals surface area contributed by atoms with Crippen LogP contribution in [0.25, 0.3) is 0 Å². The fourth-order valence-corrected chi connectivity index (χ4v) is 0.891. The summed E-state index contributed by atoms with van der Waals surface area (Å²) in [4.78, 5) is 10.3. The lowest BCUT2D eigenvalue weighted by molar-refractivity contribution is -0.117. The van der Waals surface area contributed by atoms with Crippen molar-refractivity contribution in [3.05, 3.63) is 0 Å². The van der Waals surface area contributed by atoms with Crippen LogP contribution in [0, 0.1) is 0 Å². The molecule has 0 radical (unpaired) electrons. The largest absolute Gasteiger partial charge is 0.300 e. The van der Waals surface area contributed by atoms with Gasteiger partial charge in [0.15, 0.2) is 0 Å². The third-order valence-electron chi connectivity index (χ3n) is 1.30. The summed E-state index contributed by atoms with van der Waals surface area (Å²) < 4.78 is 0. The van der Waals surface area contributed by atoms with Gasteiger partial charge in [0.05, 0.1) is 0 Å². The highest BCUT2D eigenvalue weighted by Crippen LogP contribution is 2.20. The molecule has 0 aliphatic rings. The number of carbonyl (C=O) groups excluding carboxylic acids is 1. The highest BCUT2D eigenvalue weighted by atomic mass is 35.5. The first-order valence-corrected chi connectivity index (χ1v) is 3.98. The molecule has 0 aromatic heterocycles. The number of ketones is 1. The predicted molar refractivity (Wildman–Crippen MR) is 44.5 cm³/mol. The Hall–Kier alpha value is -0.0400. The first-order valence-electron chi connectivity index (χ1n) is 3.60. The smallest absolute Gasteiger partial charge is 0.129 e. The van der Waals surface area contributed by atoms with E-state index in [1.54, 1.807) is 6.92 Å². The van der Waals surface area contributed by atoms with Gasteiger partial charge in [-0.05, 0) is 33.6 Å². The highest BCUT2D eigenvalue weighted by Gasteiger charge is 2.12. The van der Waals surface area contributed by atoms with Crippen LogP contribution >= 0.6 is 11.6 Å². The second-order valence-corrected chi connectivity index (χ2v) is 4.30. The van der Waals surface area contributed by atoms with Crippen molar-refractivity contribution in [2.24, 2.45) is 0 Å². The summed E-state index contributed by atoms with van der Waals surface area (Å²) in [5.41, 5.74) is 0. The lowest BCUT2D eigenvalue weighted by atomic mass is 10.0. The molecule has 2 heteroatoms. The van der Waals surface area contributed by atoms with Gasteiger partial charge in [0.25, 0.3) is 0 Å². The third-order valence-corrected chi connectivity index (χ3v) is 1.49. The molecule has 0 heterocycles. The molecule has 0 aliphatic carbocycles. The van der Waals surface area contributed by atoms with Gasteiger partial charge in [0.1, 0.15) is 5.78 Å². The van der Waals surface area contributed by atoms with Crippen LogP contribution in [-0.2, 0) is 4.79 Å². The van der Waals surface area contributed by atoms with Gasteiger partial charge in [-0.25, -0.2) is 0 Å². The van der Waals surface area contributed by atoms with Gasteiger partial charge in [-0.1, -0.05) is 0 Å². The molecular formula is C8H15ClO. The van der Waals surface area contributed by atoms with E-state index in [9.17, 15) is 4.79 Å². The van der Waals surface area contributed by atoms with E-state index in [0.29, 0.717) is 6.42 Å². The van der Waals surface area contributed by atoms with E-state index in [1.807, 2.05) is 13.8 Å². The van der Waals surface area contributed by atoms with Crippen LogP contribution in [0.5, 0.6) is 0 Å². The molecule has 10 heavy (non-hydrogen) atoms. The molecule has 0 aromatic rings. The Balaban J connectivity index is 3.29. The Morgan fingerprint density at radius 2 is 2.00 bits per heavy atom. The van der Waals surface area contributed by atoms with Crippen LogP contribution in [0.2, 0.25) is 0 Å². The van der Waals surface area contributed by atoms with Crippen molar-refractivity contribution >= 4 is 17.4 Å². The number of hydrogen-bond acceptors (Lipinski definition) is 1. The van der Waals surface area contributed by atoms with Crippen molar-refractivity contribution in [2.45, 2.75) is 44.9 Å². The van der Waals surface area contributed by atoms with Crippen LogP contribution in [0.4, 0.5) is 0 Å². The third kappa shape index (κ3) is 7.96. The van der Waals surface area contributed by atoms with Crippen molar-refractivity contribution in [3.63, 3.8) is 0 Å². The molecular weight excluding hydrogens is 148 g/mol. The minimum absolute atomic E-state index is 0.143. The number of carbonyl (C=O) groups is 1. The van der Waals surface area contributed by atoms with Gasteiger partial charge in [0, 0.05) is 11.3 Å². The maximum atomic E-state index is 10.5. The van der Waals surface area contributed by atoms with Gasteiger partial charge in [-0.3, -0.25) is 0 Å². The van der Waals surface area contributed by atoms with Crippen molar-refractivity contribution in [1.82, 2.24) is 0 Å². The predicted octanol–water partition coefficient (Wildman–Crippen LogP) is 2.76. The fourth-order valence-electron chi connectivity index (χ4n) is 0.758. The van der Waals surface area contributed by atoms with Crippen LogP contribution in [0.1, 0.15) is 40.0 Å². The quantitative estimate of drug-likeness (QED) is 0.581. The zero-order valence-corrected chi connectivity index (χ0v) is 7.66. The summed E-state index contributed by atoms with van der Waals surface area (Å²) in [6, 6.07) is 0. The monoisotopic (exact) mass is 162 g/mol. The standard InChI is InChI=1S/C8H15ClO/c1-7(10)5-4-6-8(2,3)9/h4-6H2,1-3H3.